The van der Waals surface area contributed by atoms with Crippen molar-refractivity contribution < 1.29 is 64.0 Å². The molecule has 6 aliphatic heterocycles. The number of carboxylic acids is 1. The van der Waals surface area contributed by atoms with Gasteiger partial charge >= 0.3 is 47.5 Å². The SMILES string of the molecule is COC(=O)[C@@H](N)Cc1ccccc1.COC(=O)[C@H](Cc1ccccc1)Nc1nc2ccccc2n(C2C[C@H]3CC[C@@H](C2)N3C2CCCCCCC2)c1=O.Cl.O=C(O)[C@H](Cc1ccccc1)Nc1nc2ccccc2n(C2C[C@H]3CC[C@@H](C2)N3C2CCCCCCC2)c1=O.O=c1c(Cl)nc2ccccc2n1C1C[C@H]2CC[C@@H](C1)N2C1CCCCCCC1.[Na+].[OH-]. The monoisotopic (exact) mass is 1720 g/mol. The number of fused-ring (bicyclic) bond motifs is 9. The summed E-state index contributed by atoms with van der Waals surface area (Å²) < 4.78 is 15.5. The van der Waals surface area contributed by atoms with Gasteiger partial charge in [-0.2, -0.15) is 0 Å². The smallest absolute Gasteiger partial charge is 0.870 e. The molecule has 3 saturated carbocycles. The molecule has 9 fully saturated rings. The number of anilines is 2. The van der Waals surface area contributed by atoms with Crippen LogP contribution in [0.3, 0.4) is 0 Å². The Morgan fingerprint density at radius 2 is 0.659 bits per heavy atom. The Morgan fingerprint density at radius 1 is 0.382 bits per heavy atom. The van der Waals surface area contributed by atoms with Crippen molar-refractivity contribution in [3.05, 3.63) is 217 Å². The summed E-state index contributed by atoms with van der Waals surface area (Å²) in [6.45, 7) is 0. The first-order chi connectivity index (χ1) is 58.7. The number of nitrogens with one attached hydrogen (secondary N) is 2. The first-order valence-electron chi connectivity index (χ1n) is 45.5. The summed E-state index contributed by atoms with van der Waals surface area (Å²) in [6.07, 6.45) is 43.2. The molecule has 9 heterocycles. The largest absolute Gasteiger partial charge is 1.00 e. The molecular weight excluding hydrogens is 1600 g/mol. The molecule has 6 aromatic carbocycles. The zero-order valence-electron chi connectivity index (χ0n) is 72.3. The number of aliphatic carboxylic acids is 1. The van der Waals surface area contributed by atoms with Gasteiger partial charge in [-0.3, -0.25) is 33.9 Å². The van der Waals surface area contributed by atoms with Crippen molar-refractivity contribution in [2.24, 2.45) is 5.73 Å². The van der Waals surface area contributed by atoms with Crippen LogP contribution in [0.15, 0.2) is 178 Å². The van der Waals surface area contributed by atoms with Gasteiger partial charge in [-0.05, 0) is 175 Å². The maximum absolute atomic E-state index is 14.2. The van der Waals surface area contributed by atoms with Crippen LogP contribution in [-0.2, 0) is 43.1 Å². The molecule has 3 unspecified atom stereocenters. The topological polar surface area (TPSA) is 284 Å². The van der Waals surface area contributed by atoms with Gasteiger partial charge in [0.25, 0.3) is 16.7 Å². The Balaban J connectivity index is 0.000000157. The van der Waals surface area contributed by atoms with E-state index in [-0.39, 0.29) is 111 Å². The molecule has 0 spiro atoms. The van der Waals surface area contributed by atoms with E-state index in [0.717, 1.165) is 94.4 Å². The van der Waals surface area contributed by atoms with Crippen LogP contribution in [0.25, 0.3) is 33.1 Å². The van der Waals surface area contributed by atoms with Crippen molar-refractivity contribution >= 4 is 86.7 Å². The van der Waals surface area contributed by atoms with Gasteiger partial charge in [0.2, 0.25) is 0 Å². The second kappa shape index (κ2) is 45.5. The third kappa shape index (κ3) is 22.9. The number of hydrogen-bond donors (Lipinski definition) is 4. The summed E-state index contributed by atoms with van der Waals surface area (Å²) >= 11 is 6.23. The number of piperidine rings is 3. The van der Waals surface area contributed by atoms with Crippen LogP contribution in [0.4, 0.5) is 11.6 Å². The molecule has 123 heavy (non-hydrogen) atoms. The number of halogens is 2. The van der Waals surface area contributed by atoms with Gasteiger partial charge in [-0.15, -0.1) is 12.4 Å². The van der Waals surface area contributed by atoms with Crippen LogP contribution in [0.2, 0.25) is 5.15 Å². The minimum atomic E-state index is -0.995. The molecule has 18 rings (SSSR count). The normalized spacial score (nSPS) is 24.1. The predicted octanol–water partition coefficient (Wildman–Crippen LogP) is 15.0. The number of carboxylic acid groups (broad SMARTS) is 1. The molecule has 3 aromatic heterocycles. The van der Waals surface area contributed by atoms with E-state index in [0.29, 0.717) is 61.2 Å². The van der Waals surface area contributed by atoms with E-state index in [9.17, 15) is 33.9 Å². The number of rotatable bonds is 19. The second-order valence-corrected chi connectivity index (χ2v) is 36.0. The van der Waals surface area contributed by atoms with Gasteiger partial charge < -0.3 is 50.1 Å². The minimum Gasteiger partial charge on any atom is -0.870 e. The Kier molecular flexibility index (Phi) is 34.9. The number of esters is 2. The number of nitrogens with zero attached hydrogens (tertiary/aromatic N) is 9. The number of benzene rings is 6. The van der Waals surface area contributed by atoms with Gasteiger partial charge in [0.15, 0.2) is 16.8 Å². The molecule has 0 amide bonds. The van der Waals surface area contributed by atoms with Gasteiger partial charge in [0, 0.05) is 85.3 Å². The van der Waals surface area contributed by atoms with Crippen LogP contribution in [0.1, 0.15) is 247 Å². The number of aromatic nitrogens is 6. The van der Waals surface area contributed by atoms with E-state index >= 15 is 0 Å². The van der Waals surface area contributed by atoms with Gasteiger partial charge in [0.05, 0.1) is 47.3 Å². The zero-order valence-corrected chi connectivity index (χ0v) is 75.8. The molecular formula is C98H127Cl2N12NaO10. The van der Waals surface area contributed by atoms with Crippen LogP contribution >= 0.6 is 24.0 Å². The molecule has 654 valence electrons. The van der Waals surface area contributed by atoms with Crippen LogP contribution < -0.4 is 62.6 Å². The number of carbonyl (C=O) groups excluding carboxylic acids is 2. The summed E-state index contributed by atoms with van der Waals surface area (Å²) in [5.41, 5.74) is 13.0. The quantitative estimate of drug-likeness (QED) is 0.0432. The number of methoxy groups -OCH3 is 2. The zero-order chi connectivity index (χ0) is 83.0. The molecule has 25 heteroatoms. The summed E-state index contributed by atoms with van der Waals surface area (Å²) in [4.78, 5) is 99.3. The first kappa shape index (κ1) is 94.3. The minimum absolute atomic E-state index is 0. The molecule has 9 aliphatic rings. The summed E-state index contributed by atoms with van der Waals surface area (Å²) in [7, 11) is 2.72. The average molecular weight is 1730 g/mol. The van der Waals surface area contributed by atoms with Crippen molar-refractivity contribution in [3.8, 4) is 0 Å². The summed E-state index contributed by atoms with van der Waals surface area (Å²) in [5, 5.41) is 16.3. The van der Waals surface area contributed by atoms with E-state index in [4.69, 9.17) is 27.1 Å². The molecule has 12 atom stereocenters. The molecule has 6 N–H and O–H groups in total. The number of para-hydroxylation sites is 6. The van der Waals surface area contributed by atoms with Gasteiger partial charge in [0.1, 0.15) is 18.1 Å². The number of ether oxygens (including phenoxy) is 2. The van der Waals surface area contributed by atoms with Crippen molar-refractivity contribution in [1.82, 2.24) is 43.4 Å². The molecule has 22 nitrogen and oxygen atoms in total. The van der Waals surface area contributed by atoms with E-state index in [1.165, 1.54) is 188 Å². The second-order valence-electron chi connectivity index (χ2n) is 35.6. The van der Waals surface area contributed by atoms with E-state index < -0.39 is 30.1 Å². The first-order valence-corrected chi connectivity index (χ1v) is 45.8. The summed E-state index contributed by atoms with van der Waals surface area (Å²) in [6, 6.07) is 56.2. The summed E-state index contributed by atoms with van der Waals surface area (Å²) in [5.74, 6) is -1.42. The molecule has 6 saturated heterocycles. The third-order valence-electron chi connectivity index (χ3n) is 28.0. The fourth-order valence-electron chi connectivity index (χ4n) is 22.5. The van der Waals surface area contributed by atoms with Crippen molar-refractivity contribution in [2.45, 2.75) is 322 Å². The Morgan fingerprint density at radius 3 is 0.984 bits per heavy atom. The van der Waals surface area contributed by atoms with Gasteiger partial charge in [-0.25, -0.2) is 24.5 Å². The maximum Gasteiger partial charge on any atom is 1.00 e. The Hall–Kier alpha value is -7.87. The van der Waals surface area contributed by atoms with Crippen LogP contribution in [0.5, 0.6) is 0 Å². The molecule has 6 bridgehead atoms. The maximum atomic E-state index is 14.2. The standard InChI is InChI=1S/C33H42N4O3.C32H40N4O3.C23H30ClN3O.C10H13NO2.ClH.Na.H2O/c1-40-33(39)29(20-23-12-6-5-7-13-23)35-31-32(38)37(30-17-11-10-16-28(30)34-31)27-21-25-18-19-26(22-27)36(25)24-14-8-3-2-4-9-15-24;37-31-30(34-28(32(38)39)19-22-11-5-4-6-12-22)33-27-15-9-10-16-29(27)36(31)26-20-24-17-18-25(21-26)35(24)23-13-7-2-1-3-8-14-23;24-22-23(28)27(21-11-7-6-10-20(21)25-22)19-14-17-12-13-18(15-19)26(17)16-8-4-2-1-3-5-9-16;1-13-10(12)9(11)7-8-5-3-2-4-6-8;;;/h5-7,10-13,16-17,24-27,29H,2-4,8-9,14-15,18-22H2,1H3,(H,34,35);4-6,9-12,15-16,23-26,28H,1-3,7-8,13-14,17-21H2,(H,33,34)(H,38,39);6-7,10-11,16-19H,1-5,8-9,12-15H2;2-6,9H,7,11H2,1H3;1H;;1H2/q;;;;;+1;/p-1/t25-,26+,27?,29-;24-,25+,26?,28-;17-,18+,19?;9-;;;/m00.0.../s1. The fourth-order valence-corrected chi connectivity index (χ4v) is 22.7. The van der Waals surface area contributed by atoms with E-state index in [1.54, 1.807) is 0 Å². The van der Waals surface area contributed by atoms with Crippen molar-refractivity contribution in [1.29, 1.82) is 0 Å². The van der Waals surface area contributed by atoms with Crippen molar-refractivity contribution in [3.63, 3.8) is 0 Å². The molecule has 0 radical (unpaired) electrons. The number of carbonyl (C=O) groups is 3. The van der Waals surface area contributed by atoms with Crippen molar-refractivity contribution in [2.75, 3.05) is 24.9 Å². The van der Waals surface area contributed by atoms with E-state index in [1.807, 2.05) is 177 Å². The average Bonchev–Trinajstić information content (AvgIpc) is 1.73. The Labute approximate surface area is 757 Å². The molecule has 9 aromatic rings. The predicted molar refractivity (Wildman–Crippen MR) is 486 cm³/mol. The third-order valence-corrected chi connectivity index (χ3v) is 28.2. The van der Waals surface area contributed by atoms with Gasteiger partial charge in [-0.1, -0.05) is 235 Å². The number of nitrogens with two attached hydrogens (primary N) is 1. The number of hydrogen-bond acceptors (Lipinski definition) is 18. The molecule has 3 aliphatic carbocycles. The fraction of sp³-hybridized carbons (Fsp3) is 0.541. The van der Waals surface area contributed by atoms with E-state index in [2.05, 4.69) is 40.0 Å². The van der Waals surface area contributed by atoms with Crippen LogP contribution in [0, 0.1) is 0 Å². The Bertz CT molecular complexity index is 5040. The van der Waals surface area contributed by atoms with Crippen LogP contribution in [-0.4, -0.2) is 159 Å².